The quantitative estimate of drug-likeness (QED) is 0.243. The van der Waals surface area contributed by atoms with Crippen LogP contribution in [0.15, 0.2) is 67.3 Å². The van der Waals surface area contributed by atoms with Gasteiger partial charge in [-0.15, -0.1) is 0 Å². The highest BCUT2D eigenvalue weighted by Gasteiger charge is 2.30. The molecule has 3 heterocycles. The van der Waals surface area contributed by atoms with Crippen molar-refractivity contribution < 1.29 is 14.3 Å². The number of carbonyl (C=O) groups is 1. The number of benzene rings is 3. The summed E-state index contributed by atoms with van der Waals surface area (Å²) in [5, 5.41) is 4.40. The summed E-state index contributed by atoms with van der Waals surface area (Å²) in [7, 11) is 1.98. The van der Waals surface area contributed by atoms with Gasteiger partial charge in [-0.2, -0.15) is 0 Å². The molecule has 6 rings (SSSR count). The van der Waals surface area contributed by atoms with Crippen LogP contribution in [0.1, 0.15) is 33.3 Å². The smallest absolute Gasteiger partial charge is 0.410 e. The fraction of sp³-hybridized carbons (Fsp3) is 0.333. The van der Waals surface area contributed by atoms with E-state index in [-0.39, 0.29) is 12.1 Å². The van der Waals surface area contributed by atoms with Crippen molar-refractivity contribution >= 4 is 45.2 Å². The average molecular weight is 580 g/mol. The molecule has 10 heteroatoms. The van der Waals surface area contributed by atoms with Crippen molar-refractivity contribution in [1.29, 1.82) is 0 Å². The van der Waals surface area contributed by atoms with E-state index in [2.05, 4.69) is 44.2 Å². The van der Waals surface area contributed by atoms with Crippen LogP contribution in [0.25, 0.3) is 21.9 Å². The van der Waals surface area contributed by atoms with E-state index in [1.807, 2.05) is 81.8 Å². The number of imidazole rings is 1. The third-order valence-electron chi connectivity index (χ3n) is 7.59. The van der Waals surface area contributed by atoms with Gasteiger partial charge in [0.1, 0.15) is 29.2 Å². The lowest BCUT2D eigenvalue weighted by Gasteiger charge is -2.41. The van der Waals surface area contributed by atoms with Gasteiger partial charge in [-0.05, 0) is 88.7 Å². The number of amides is 1. The lowest BCUT2D eigenvalue weighted by Crippen LogP contribution is -2.54. The number of piperazine rings is 1. The van der Waals surface area contributed by atoms with E-state index >= 15 is 0 Å². The number of anilines is 3. The molecule has 0 saturated carbocycles. The van der Waals surface area contributed by atoms with E-state index in [0.717, 1.165) is 56.2 Å². The summed E-state index contributed by atoms with van der Waals surface area (Å²) in [4.78, 5) is 30.2. The van der Waals surface area contributed by atoms with E-state index in [4.69, 9.17) is 9.47 Å². The van der Waals surface area contributed by atoms with Gasteiger partial charge in [-0.1, -0.05) is 0 Å². The molecule has 1 aliphatic heterocycles. The van der Waals surface area contributed by atoms with E-state index in [1.54, 1.807) is 17.6 Å². The molecule has 0 bridgehead atoms. The Morgan fingerprint density at radius 2 is 1.81 bits per heavy atom. The molecule has 3 aromatic carbocycles. The number of nitrogens with one attached hydrogen (secondary N) is 1. The Labute approximate surface area is 251 Å². The lowest BCUT2D eigenvalue weighted by atomic mass is 10.1. The number of hydrogen-bond acceptors (Lipinski definition) is 8. The first kappa shape index (κ1) is 28.3. The monoisotopic (exact) mass is 579 g/mol. The van der Waals surface area contributed by atoms with Crippen LogP contribution in [0.2, 0.25) is 0 Å². The Kier molecular flexibility index (Phi) is 7.29. The second-order valence-corrected chi connectivity index (χ2v) is 12.1. The van der Waals surface area contributed by atoms with Crippen LogP contribution < -0.4 is 15.0 Å². The molecule has 5 aromatic rings. The maximum Gasteiger partial charge on any atom is 0.410 e. The zero-order valence-corrected chi connectivity index (χ0v) is 25.5. The summed E-state index contributed by atoms with van der Waals surface area (Å²) in [6.07, 6.45) is 3.11. The summed E-state index contributed by atoms with van der Waals surface area (Å²) in [6.45, 7) is 11.7. The third kappa shape index (κ3) is 6.04. The number of carbonyl (C=O) groups excluding carboxylic acids is 1. The van der Waals surface area contributed by atoms with Gasteiger partial charge in [0, 0.05) is 55.6 Å². The number of nitrogens with zero attached hydrogens (tertiary/aromatic N) is 6. The van der Waals surface area contributed by atoms with Crippen molar-refractivity contribution in [2.75, 3.05) is 29.9 Å². The van der Waals surface area contributed by atoms with Crippen LogP contribution >= 0.6 is 0 Å². The Bertz CT molecular complexity index is 1810. The minimum Gasteiger partial charge on any atom is -0.457 e. The van der Waals surface area contributed by atoms with Crippen molar-refractivity contribution in [3.05, 3.63) is 72.8 Å². The van der Waals surface area contributed by atoms with Crippen molar-refractivity contribution in [3.63, 3.8) is 0 Å². The van der Waals surface area contributed by atoms with Crippen LogP contribution in [0.3, 0.4) is 0 Å². The van der Waals surface area contributed by atoms with Crippen LogP contribution in [0.5, 0.6) is 11.5 Å². The number of aryl methyl sites for hydroxylation is 2. The zero-order valence-electron chi connectivity index (χ0n) is 25.5. The van der Waals surface area contributed by atoms with Crippen molar-refractivity contribution in [1.82, 2.24) is 24.4 Å². The first-order chi connectivity index (χ1) is 20.5. The molecule has 0 unspecified atom stereocenters. The SMILES string of the molecule is Cc1cc(Nc2ncnc3ccc(N4CCN(C(=O)OC(C)(C)C)C[C@@H]4C)cc23)ccc1Oc1ccc2c(c1)ncn2C. The van der Waals surface area contributed by atoms with Crippen molar-refractivity contribution in [3.8, 4) is 11.5 Å². The van der Waals surface area contributed by atoms with Crippen LogP contribution in [0.4, 0.5) is 22.0 Å². The summed E-state index contributed by atoms with van der Waals surface area (Å²) < 4.78 is 13.8. The van der Waals surface area contributed by atoms with Gasteiger partial charge < -0.3 is 29.2 Å². The fourth-order valence-electron chi connectivity index (χ4n) is 5.44. The van der Waals surface area contributed by atoms with Crippen molar-refractivity contribution in [2.24, 2.45) is 7.05 Å². The maximum atomic E-state index is 12.6. The highest BCUT2D eigenvalue weighted by molar-refractivity contribution is 5.93. The maximum absolute atomic E-state index is 12.6. The normalized spacial score (nSPS) is 15.6. The third-order valence-corrected chi connectivity index (χ3v) is 7.59. The number of hydrogen-bond donors (Lipinski definition) is 1. The fourth-order valence-corrected chi connectivity index (χ4v) is 5.44. The number of rotatable bonds is 5. The topological polar surface area (TPSA) is 97.6 Å². The molecule has 0 spiro atoms. The summed E-state index contributed by atoms with van der Waals surface area (Å²) in [6, 6.07) is 18.2. The van der Waals surface area contributed by atoms with Gasteiger partial charge in [0.05, 0.1) is 22.9 Å². The van der Waals surface area contributed by atoms with Crippen LogP contribution in [-0.4, -0.2) is 61.8 Å². The molecular formula is C33H37N7O3. The second kappa shape index (κ2) is 11.1. The molecule has 1 N–H and O–H groups in total. The van der Waals surface area contributed by atoms with Crippen molar-refractivity contribution in [2.45, 2.75) is 46.3 Å². The molecule has 1 atom stereocenters. The number of aromatic nitrogens is 4. The highest BCUT2D eigenvalue weighted by Crippen LogP contribution is 2.33. The van der Waals surface area contributed by atoms with Gasteiger partial charge in [-0.3, -0.25) is 0 Å². The summed E-state index contributed by atoms with van der Waals surface area (Å²) >= 11 is 0. The molecule has 222 valence electrons. The van der Waals surface area contributed by atoms with Gasteiger partial charge in [0.2, 0.25) is 0 Å². The molecule has 10 nitrogen and oxygen atoms in total. The predicted octanol–water partition coefficient (Wildman–Crippen LogP) is 6.81. The predicted molar refractivity (Wildman–Crippen MR) is 169 cm³/mol. The van der Waals surface area contributed by atoms with E-state index < -0.39 is 5.60 Å². The minimum absolute atomic E-state index is 0.119. The molecule has 0 aliphatic carbocycles. The Morgan fingerprint density at radius 3 is 2.58 bits per heavy atom. The number of ether oxygens (including phenoxy) is 2. The Balaban J connectivity index is 1.19. The number of fused-ring (bicyclic) bond motifs is 2. The molecule has 1 amide bonds. The molecular weight excluding hydrogens is 542 g/mol. The summed E-state index contributed by atoms with van der Waals surface area (Å²) in [5.74, 6) is 2.24. The molecule has 1 fully saturated rings. The Morgan fingerprint density at radius 1 is 0.977 bits per heavy atom. The summed E-state index contributed by atoms with van der Waals surface area (Å²) in [5.41, 5.74) is 5.23. The molecule has 1 aliphatic rings. The van der Waals surface area contributed by atoms with Crippen LogP contribution in [-0.2, 0) is 11.8 Å². The van der Waals surface area contributed by atoms with Gasteiger partial charge in [0.25, 0.3) is 0 Å². The zero-order chi connectivity index (χ0) is 30.3. The minimum atomic E-state index is -0.514. The average Bonchev–Trinajstić information content (AvgIpc) is 3.33. The van der Waals surface area contributed by atoms with Gasteiger partial charge in [0.15, 0.2) is 0 Å². The van der Waals surface area contributed by atoms with Crippen LogP contribution in [0, 0.1) is 6.92 Å². The van der Waals surface area contributed by atoms with Gasteiger partial charge in [-0.25, -0.2) is 19.7 Å². The Hall–Kier alpha value is -4.86. The first-order valence-corrected chi connectivity index (χ1v) is 14.5. The highest BCUT2D eigenvalue weighted by atomic mass is 16.6. The largest absolute Gasteiger partial charge is 0.457 e. The van der Waals surface area contributed by atoms with Gasteiger partial charge >= 0.3 is 6.09 Å². The molecule has 2 aromatic heterocycles. The second-order valence-electron chi connectivity index (χ2n) is 12.1. The standard InChI is InChI=1S/C33H37N7O3/c1-21-15-23(7-12-30(21)42-25-9-11-29-28(17-25)36-20-38(29)6)37-31-26-16-24(8-10-27(26)34-19-35-31)40-14-13-39(18-22(40)2)32(41)43-33(3,4)5/h7-12,15-17,19-20,22H,13-14,18H2,1-6H3,(H,34,35,37)/t22-/m0/s1. The first-order valence-electron chi connectivity index (χ1n) is 14.5. The molecule has 0 radical (unpaired) electrons. The molecule has 43 heavy (non-hydrogen) atoms. The van der Waals surface area contributed by atoms with E-state index in [9.17, 15) is 4.79 Å². The van der Waals surface area contributed by atoms with E-state index in [0.29, 0.717) is 19.6 Å². The van der Waals surface area contributed by atoms with E-state index in [1.165, 1.54) is 0 Å². The lowest BCUT2D eigenvalue weighted by molar-refractivity contribution is 0.0219. The molecule has 1 saturated heterocycles.